The Hall–Kier alpha value is -0.160. The molecule has 0 amide bonds. The van der Waals surface area contributed by atoms with Gasteiger partial charge in [0.1, 0.15) is 0 Å². The number of hydrogen-bond acceptors (Lipinski definition) is 4. The van der Waals surface area contributed by atoms with E-state index in [-0.39, 0.29) is 12.2 Å². The van der Waals surface area contributed by atoms with Crippen molar-refractivity contribution in [2.75, 3.05) is 32.9 Å². The molecule has 0 radical (unpaired) electrons. The molecule has 1 aliphatic heterocycles. The molecule has 0 spiro atoms. The van der Waals surface area contributed by atoms with Crippen molar-refractivity contribution in [1.82, 2.24) is 5.32 Å². The van der Waals surface area contributed by atoms with Crippen LogP contribution in [0.25, 0.3) is 0 Å². The molecule has 0 aliphatic carbocycles. The summed E-state index contributed by atoms with van der Waals surface area (Å²) in [4.78, 5) is 0. The molecule has 1 rings (SSSR count). The molecular formula is C8H17NO3. The Kier molecular flexibility index (Phi) is 4.53. The lowest BCUT2D eigenvalue weighted by Crippen LogP contribution is -2.39. The third-order valence-corrected chi connectivity index (χ3v) is 1.70. The Morgan fingerprint density at radius 1 is 1.58 bits per heavy atom. The van der Waals surface area contributed by atoms with Gasteiger partial charge in [-0.05, 0) is 6.92 Å². The van der Waals surface area contributed by atoms with Gasteiger partial charge in [0.25, 0.3) is 0 Å². The zero-order valence-corrected chi connectivity index (χ0v) is 7.45. The number of aliphatic hydroxyl groups excluding tert-OH is 1. The average Bonchev–Trinajstić information content (AvgIpc) is 2.05. The first kappa shape index (κ1) is 9.92. The Balaban J connectivity index is 1.98. The van der Waals surface area contributed by atoms with E-state index >= 15 is 0 Å². The standard InChI is InChI=1S/C8H17NO3/c1-7(10)4-9-5-8-6-11-2-3-12-8/h7-10H,2-6H2,1H3. The van der Waals surface area contributed by atoms with E-state index in [0.29, 0.717) is 26.4 Å². The second kappa shape index (κ2) is 5.48. The third kappa shape index (κ3) is 4.01. The smallest absolute Gasteiger partial charge is 0.0933 e. The van der Waals surface area contributed by atoms with Crippen LogP contribution < -0.4 is 5.32 Å². The minimum Gasteiger partial charge on any atom is -0.392 e. The Morgan fingerprint density at radius 3 is 3.00 bits per heavy atom. The number of rotatable bonds is 4. The minimum atomic E-state index is -0.297. The summed E-state index contributed by atoms with van der Waals surface area (Å²) < 4.78 is 10.6. The topological polar surface area (TPSA) is 50.7 Å². The third-order valence-electron chi connectivity index (χ3n) is 1.70. The highest BCUT2D eigenvalue weighted by atomic mass is 16.6. The normalized spacial score (nSPS) is 27.0. The van der Waals surface area contributed by atoms with E-state index in [9.17, 15) is 0 Å². The van der Waals surface area contributed by atoms with E-state index in [1.807, 2.05) is 0 Å². The molecule has 72 valence electrons. The fourth-order valence-corrected chi connectivity index (χ4v) is 1.11. The lowest BCUT2D eigenvalue weighted by atomic mass is 10.3. The Labute approximate surface area is 72.9 Å². The largest absolute Gasteiger partial charge is 0.392 e. The first-order valence-corrected chi connectivity index (χ1v) is 4.37. The molecule has 0 bridgehead atoms. The summed E-state index contributed by atoms with van der Waals surface area (Å²) in [5.41, 5.74) is 0. The van der Waals surface area contributed by atoms with Crippen LogP contribution in [0.2, 0.25) is 0 Å². The molecule has 12 heavy (non-hydrogen) atoms. The number of ether oxygens (including phenoxy) is 2. The van der Waals surface area contributed by atoms with Gasteiger partial charge in [0.15, 0.2) is 0 Å². The highest BCUT2D eigenvalue weighted by Gasteiger charge is 2.13. The van der Waals surface area contributed by atoms with Crippen molar-refractivity contribution in [3.05, 3.63) is 0 Å². The fourth-order valence-electron chi connectivity index (χ4n) is 1.11. The minimum absolute atomic E-state index is 0.150. The Bertz CT molecular complexity index is 113. The lowest BCUT2D eigenvalue weighted by Gasteiger charge is -2.23. The van der Waals surface area contributed by atoms with Gasteiger partial charge in [-0.2, -0.15) is 0 Å². The molecule has 0 saturated carbocycles. The maximum Gasteiger partial charge on any atom is 0.0933 e. The summed E-state index contributed by atoms with van der Waals surface area (Å²) in [6, 6.07) is 0. The quantitative estimate of drug-likeness (QED) is 0.597. The van der Waals surface area contributed by atoms with Crippen LogP contribution in [0.3, 0.4) is 0 Å². The molecule has 1 saturated heterocycles. The summed E-state index contributed by atoms with van der Waals surface area (Å²) in [6.07, 6.45) is -0.146. The highest BCUT2D eigenvalue weighted by Crippen LogP contribution is 1.98. The van der Waals surface area contributed by atoms with Crippen LogP contribution in [0.15, 0.2) is 0 Å². The van der Waals surface area contributed by atoms with Gasteiger partial charge in [-0.1, -0.05) is 0 Å². The van der Waals surface area contributed by atoms with E-state index in [1.54, 1.807) is 6.92 Å². The van der Waals surface area contributed by atoms with Crippen molar-refractivity contribution in [3.63, 3.8) is 0 Å². The van der Waals surface area contributed by atoms with Gasteiger partial charge in [-0.3, -0.25) is 0 Å². The first-order chi connectivity index (χ1) is 5.79. The van der Waals surface area contributed by atoms with Crippen LogP contribution >= 0.6 is 0 Å². The zero-order chi connectivity index (χ0) is 8.81. The number of nitrogens with one attached hydrogen (secondary N) is 1. The van der Waals surface area contributed by atoms with E-state index in [4.69, 9.17) is 14.6 Å². The van der Waals surface area contributed by atoms with Crippen molar-refractivity contribution in [2.45, 2.75) is 19.1 Å². The highest BCUT2D eigenvalue weighted by molar-refractivity contribution is 4.64. The summed E-state index contributed by atoms with van der Waals surface area (Å²) in [5.74, 6) is 0. The van der Waals surface area contributed by atoms with Crippen molar-refractivity contribution < 1.29 is 14.6 Å². The molecule has 0 aromatic rings. The van der Waals surface area contributed by atoms with Crippen molar-refractivity contribution >= 4 is 0 Å². The average molecular weight is 175 g/mol. The first-order valence-electron chi connectivity index (χ1n) is 4.37. The van der Waals surface area contributed by atoms with Crippen LogP contribution in [-0.4, -0.2) is 50.2 Å². The maximum atomic E-state index is 8.95. The van der Waals surface area contributed by atoms with Gasteiger partial charge >= 0.3 is 0 Å². The number of aliphatic hydroxyl groups is 1. The molecule has 2 N–H and O–H groups in total. The van der Waals surface area contributed by atoms with Crippen molar-refractivity contribution in [1.29, 1.82) is 0 Å². The van der Waals surface area contributed by atoms with E-state index in [1.165, 1.54) is 0 Å². The van der Waals surface area contributed by atoms with E-state index < -0.39 is 0 Å². The summed E-state index contributed by atoms with van der Waals surface area (Å²) in [6.45, 7) is 5.16. The molecule has 0 aromatic carbocycles. The Morgan fingerprint density at radius 2 is 2.42 bits per heavy atom. The predicted octanol–water partition coefficient (Wildman–Crippen LogP) is -0.628. The van der Waals surface area contributed by atoms with Crippen molar-refractivity contribution in [3.8, 4) is 0 Å². The van der Waals surface area contributed by atoms with Crippen LogP contribution in [-0.2, 0) is 9.47 Å². The van der Waals surface area contributed by atoms with Crippen LogP contribution in [0.1, 0.15) is 6.92 Å². The second-order valence-corrected chi connectivity index (χ2v) is 3.07. The molecule has 1 aliphatic rings. The monoisotopic (exact) mass is 175 g/mol. The molecule has 0 aromatic heterocycles. The van der Waals surface area contributed by atoms with Gasteiger partial charge in [0, 0.05) is 13.1 Å². The molecule has 1 heterocycles. The van der Waals surface area contributed by atoms with Crippen LogP contribution in [0, 0.1) is 0 Å². The molecule has 1 fully saturated rings. The molecular weight excluding hydrogens is 158 g/mol. The summed E-state index contributed by atoms with van der Waals surface area (Å²) >= 11 is 0. The second-order valence-electron chi connectivity index (χ2n) is 3.07. The van der Waals surface area contributed by atoms with Gasteiger partial charge < -0.3 is 19.9 Å². The lowest BCUT2D eigenvalue weighted by molar-refractivity contribution is -0.0867. The maximum absolute atomic E-state index is 8.95. The van der Waals surface area contributed by atoms with Gasteiger partial charge in [-0.15, -0.1) is 0 Å². The molecule has 4 nitrogen and oxygen atoms in total. The summed E-state index contributed by atoms with van der Waals surface area (Å²) in [7, 11) is 0. The van der Waals surface area contributed by atoms with Gasteiger partial charge in [0.05, 0.1) is 32.0 Å². The fraction of sp³-hybridized carbons (Fsp3) is 1.00. The molecule has 2 atom stereocenters. The van der Waals surface area contributed by atoms with Crippen LogP contribution in [0.5, 0.6) is 0 Å². The molecule has 2 unspecified atom stereocenters. The zero-order valence-electron chi connectivity index (χ0n) is 7.45. The number of hydrogen-bond donors (Lipinski definition) is 2. The molecule has 4 heteroatoms. The summed E-state index contributed by atoms with van der Waals surface area (Å²) in [5, 5.41) is 12.0. The van der Waals surface area contributed by atoms with Gasteiger partial charge in [0.2, 0.25) is 0 Å². The van der Waals surface area contributed by atoms with Crippen molar-refractivity contribution in [2.24, 2.45) is 0 Å². The van der Waals surface area contributed by atoms with E-state index in [0.717, 1.165) is 6.54 Å². The SMILES string of the molecule is CC(O)CNCC1COCCO1. The van der Waals surface area contributed by atoms with Crippen LogP contribution in [0.4, 0.5) is 0 Å². The predicted molar refractivity (Wildman–Crippen MR) is 45.1 cm³/mol. The van der Waals surface area contributed by atoms with E-state index in [2.05, 4.69) is 5.32 Å². The van der Waals surface area contributed by atoms with Gasteiger partial charge in [-0.25, -0.2) is 0 Å².